The van der Waals surface area contributed by atoms with E-state index in [-0.39, 0.29) is 5.71 Å². The van der Waals surface area contributed by atoms with Crippen LogP contribution in [0.1, 0.15) is 32.8 Å². The van der Waals surface area contributed by atoms with Gasteiger partial charge in [0.25, 0.3) is 0 Å². The maximum Gasteiger partial charge on any atom is 0.358 e. The molecule has 0 atom stereocenters. The summed E-state index contributed by atoms with van der Waals surface area (Å²) in [5.74, 6) is -0.492. The summed E-state index contributed by atoms with van der Waals surface area (Å²) < 4.78 is 5.04. The Kier molecular flexibility index (Phi) is 6.46. The Morgan fingerprint density at radius 2 is 1.95 bits per heavy atom. The number of esters is 1. The van der Waals surface area contributed by atoms with Gasteiger partial charge in [-0.2, -0.15) is 0 Å². The van der Waals surface area contributed by atoms with Crippen LogP contribution in [0.4, 0.5) is 5.69 Å². The van der Waals surface area contributed by atoms with Gasteiger partial charge in [-0.3, -0.25) is 0 Å². The zero-order valence-corrected chi connectivity index (χ0v) is 13.1. The van der Waals surface area contributed by atoms with E-state index in [9.17, 15) is 4.79 Å². The van der Waals surface area contributed by atoms with E-state index in [1.165, 1.54) is 0 Å². The molecule has 0 N–H and O–H groups in total. The molecule has 0 aliphatic carbocycles. The highest BCUT2D eigenvalue weighted by atomic mass is 35.5. The van der Waals surface area contributed by atoms with Gasteiger partial charge in [0, 0.05) is 0 Å². The molecule has 0 saturated carbocycles. The molecule has 3 nitrogen and oxygen atoms in total. The number of hydrogen-bond acceptors (Lipinski definition) is 3. The zero-order chi connectivity index (χ0) is 15.1. The van der Waals surface area contributed by atoms with E-state index in [0.29, 0.717) is 11.6 Å². The van der Waals surface area contributed by atoms with Crippen molar-refractivity contribution in [3.63, 3.8) is 0 Å². The highest BCUT2D eigenvalue weighted by molar-refractivity contribution is 6.58. The van der Waals surface area contributed by atoms with Crippen LogP contribution in [-0.4, -0.2) is 18.3 Å². The van der Waals surface area contributed by atoms with Crippen LogP contribution < -0.4 is 0 Å². The van der Waals surface area contributed by atoms with Gasteiger partial charge in [0.05, 0.1) is 17.3 Å². The zero-order valence-electron chi connectivity index (χ0n) is 12.4. The number of benzene rings is 1. The van der Waals surface area contributed by atoms with Crippen molar-refractivity contribution in [3.05, 3.63) is 40.4 Å². The van der Waals surface area contributed by atoms with Crippen LogP contribution in [0.2, 0.25) is 0 Å². The van der Waals surface area contributed by atoms with Crippen LogP contribution in [-0.2, 0) is 9.53 Å². The van der Waals surface area contributed by atoms with Crippen molar-refractivity contribution in [1.82, 2.24) is 0 Å². The molecule has 0 fully saturated rings. The quantitative estimate of drug-likeness (QED) is 0.590. The summed E-state index contributed by atoms with van der Waals surface area (Å²) in [6.45, 7) is 7.85. The van der Waals surface area contributed by atoms with Crippen molar-refractivity contribution >= 4 is 29.0 Å². The Hall–Kier alpha value is -1.61. The third-order valence-corrected chi connectivity index (χ3v) is 3.43. The number of halogens is 1. The molecule has 0 saturated heterocycles. The molecule has 0 radical (unpaired) electrons. The first-order valence-electron chi connectivity index (χ1n) is 6.68. The van der Waals surface area contributed by atoms with Crippen molar-refractivity contribution in [2.75, 3.05) is 6.61 Å². The average Bonchev–Trinajstić information content (AvgIpc) is 2.45. The number of rotatable bonds is 5. The fourth-order valence-corrected chi connectivity index (χ4v) is 1.80. The van der Waals surface area contributed by atoms with Crippen molar-refractivity contribution in [1.29, 1.82) is 0 Å². The minimum absolute atomic E-state index is 0.169. The van der Waals surface area contributed by atoms with Gasteiger partial charge in [0.2, 0.25) is 0 Å². The van der Waals surface area contributed by atoms with Gasteiger partial charge in [-0.1, -0.05) is 42.3 Å². The Morgan fingerprint density at radius 1 is 1.30 bits per heavy atom. The average molecular weight is 294 g/mol. The minimum atomic E-state index is -0.492. The molecule has 4 heteroatoms. The Bertz CT molecular complexity index is 547. The van der Waals surface area contributed by atoms with Crippen LogP contribution >= 0.6 is 11.6 Å². The molecular formula is C16H20ClNO2. The molecule has 0 spiro atoms. The van der Waals surface area contributed by atoms with Crippen molar-refractivity contribution < 1.29 is 9.53 Å². The predicted molar refractivity (Wildman–Crippen MR) is 83.8 cm³/mol. The van der Waals surface area contributed by atoms with E-state index in [0.717, 1.165) is 23.2 Å². The van der Waals surface area contributed by atoms with Crippen LogP contribution in [0.3, 0.4) is 0 Å². The van der Waals surface area contributed by atoms with Crippen LogP contribution in [0.25, 0.3) is 0 Å². The van der Waals surface area contributed by atoms with Crippen molar-refractivity contribution in [2.24, 2.45) is 4.99 Å². The lowest BCUT2D eigenvalue weighted by molar-refractivity contribution is -0.134. The fraction of sp³-hybridized carbons (Fsp3) is 0.375. The summed E-state index contributed by atoms with van der Waals surface area (Å²) in [6, 6.07) is 7.58. The van der Waals surface area contributed by atoms with E-state index >= 15 is 0 Å². The molecular weight excluding hydrogens is 274 g/mol. The van der Waals surface area contributed by atoms with Gasteiger partial charge in [-0.25, -0.2) is 9.79 Å². The van der Waals surface area contributed by atoms with Crippen LogP contribution in [0.15, 0.2) is 39.9 Å². The lowest BCUT2D eigenvalue weighted by Crippen LogP contribution is -2.18. The molecule has 0 aromatic heterocycles. The third-order valence-electron chi connectivity index (χ3n) is 2.93. The molecule has 0 bridgehead atoms. The van der Waals surface area contributed by atoms with Crippen molar-refractivity contribution in [2.45, 2.75) is 34.1 Å². The summed E-state index contributed by atoms with van der Waals surface area (Å²) >= 11 is 6.28. The Balaban J connectivity index is 3.32. The number of nitrogens with zero attached hydrogens (tertiary/aromatic N) is 1. The normalized spacial score (nSPS) is 12.9. The predicted octanol–water partition coefficient (Wildman–Crippen LogP) is 4.55. The summed E-state index contributed by atoms with van der Waals surface area (Å²) in [7, 11) is 0. The summed E-state index contributed by atoms with van der Waals surface area (Å²) in [4.78, 5) is 16.4. The standard InChI is InChI=1S/C16H20ClNO2/c1-5-11(3)14(17)15(16(19)20-6-2)18-13-10-8-7-9-12(13)4/h7-10H,5-6H2,1-4H3. The molecule has 0 heterocycles. The van der Waals surface area contributed by atoms with Gasteiger partial charge in [-0.05, 0) is 38.8 Å². The largest absolute Gasteiger partial charge is 0.461 e. The molecule has 1 aromatic rings. The summed E-state index contributed by atoms with van der Waals surface area (Å²) in [6.07, 6.45) is 0.755. The topological polar surface area (TPSA) is 38.7 Å². The maximum absolute atomic E-state index is 12.0. The second-order valence-electron chi connectivity index (χ2n) is 4.42. The molecule has 0 aliphatic rings. The van der Waals surface area contributed by atoms with Gasteiger partial charge in [0.1, 0.15) is 0 Å². The molecule has 20 heavy (non-hydrogen) atoms. The first kappa shape index (κ1) is 16.4. The number of hydrogen-bond donors (Lipinski definition) is 0. The lowest BCUT2D eigenvalue weighted by Gasteiger charge is -2.09. The molecule has 1 rings (SSSR count). The number of carbonyl (C=O) groups excluding carboxylic acids is 1. The molecule has 0 unspecified atom stereocenters. The molecule has 1 aromatic carbocycles. The van der Waals surface area contributed by atoms with Gasteiger partial charge >= 0.3 is 5.97 Å². The number of aryl methyl sites for hydroxylation is 1. The lowest BCUT2D eigenvalue weighted by atomic mass is 10.1. The molecule has 108 valence electrons. The third kappa shape index (κ3) is 4.20. The highest BCUT2D eigenvalue weighted by Crippen LogP contribution is 2.22. The summed E-state index contributed by atoms with van der Waals surface area (Å²) in [5, 5.41) is 0.370. The first-order valence-corrected chi connectivity index (χ1v) is 7.06. The second-order valence-corrected chi connectivity index (χ2v) is 4.79. The minimum Gasteiger partial charge on any atom is -0.461 e. The first-order chi connectivity index (χ1) is 9.51. The van der Waals surface area contributed by atoms with Crippen LogP contribution in [0, 0.1) is 6.92 Å². The summed E-state index contributed by atoms with van der Waals surface area (Å²) in [5.41, 5.74) is 2.78. The van der Waals surface area contributed by atoms with E-state index in [1.807, 2.05) is 45.0 Å². The van der Waals surface area contributed by atoms with Crippen molar-refractivity contribution in [3.8, 4) is 0 Å². The van der Waals surface area contributed by atoms with E-state index < -0.39 is 5.97 Å². The van der Waals surface area contributed by atoms with Gasteiger partial charge in [0.15, 0.2) is 5.71 Å². The van der Waals surface area contributed by atoms with Crippen LogP contribution in [0.5, 0.6) is 0 Å². The SMILES string of the molecule is CCOC(=O)C(=Nc1ccccc1C)C(Cl)=C(C)CC. The number of allylic oxidation sites excluding steroid dienone is 1. The maximum atomic E-state index is 12.0. The van der Waals surface area contributed by atoms with E-state index in [1.54, 1.807) is 6.92 Å². The van der Waals surface area contributed by atoms with Gasteiger partial charge < -0.3 is 4.74 Å². The molecule has 0 aliphatic heterocycles. The number of aliphatic imine (C=N–C) groups is 1. The number of ether oxygens (including phenoxy) is 1. The highest BCUT2D eigenvalue weighted by Gasteiger charge is 2.18. The monoisotopic (exact) mass is 293 g/mol. The number of carbonyl (C=O) groups is 1. The van der Waals surface area contributed by atoms with E-state index in [2.05, 4.69) is 4.99 Å². The number of para-hydroxylation sites is 1. The molecule has 0 amide bonds. The Morgan fingerprint density at radius 3 is 2.50 bits per heavy atom. The fourth-order valence-electron chi connectivity index (χ4n) is 1.55. The Labute approximate surface area is 125 Å². The van der Waals surface area contributed by atoms with Gasteiger partial charge in [-0.15, -0.1) is 0 Å². The smallest absolute Gasteiger partial charge is 0.358 e. The van der Waals surface area contributed by atoms with E-state index in [4.69, 9.17) is 16.3 Å². The second kappa shape index (κ2) is 7.85.